The quantitative estimate of drug-likeness (QED) is 0.703. The van der Waals surface area contributed by atoms with E-state index in [9.17, 15) is 4.79 Å². The van der Waals surface area contributed by atoms with Crippen LogP contribution >= 0.6 is 0 Å². The van der Waals surface area contributed by atoms with Crippen molar-refractivity contribution in [3.8, 4) is 0 Å². The molecule has 1 atom stereocenters. The van der Waals surface area contributed by atoms with Crippen LogP contribution in [0.15, 0.2) is 12.3 Å². The van der Waals surface area contributed by atoms with Gasteiger partial charge in [-0.3, -0.25) is 9.48 Å². The van der Waals surface area contributed by atoms with Gasteiger partial charge in [0, 0.05) is 18.7 Å². The van der Waals surface area contributed by atoms with Crippen LogP contribution in [-0.2, 0) is 11.2 Å². The van der Waals surface area contributed by atoms with Crippen LogP contribution in [0.5, 0.6) is 0 Å². The lowest BCUT2D eigenvalue weighted by molar-refractivity contribution is -0.118. The molecule has 1 rings (SSSR count). The number of aromatic nitrogens is 2. The summed E-state index contributed by atoms with van der Waals surface area (Å²) in [5, 5.41) is 7.47. The van der Waals surface area contributed by atoms with Crippen molar-refractivity contribution >= 4 is 5.78 Å². The molecule has 0 radical (unpaired) electrons. The number of Topliss-reactive ketones (excluding diaryl/α,β-unsaturated/α-hetero) is 1. The molecule has 1 aromatic heterocycles. The van der Waals surface area contributed by atoms with Crippen LogP contribution in [-0.4, -0.2) is 29.2 Å². The van der Waals surface area contributed by atoms with E-state index in [1.807, 2.05) is 24.0 Å². The highest BCUT2D eigenvalue weighted by atomic mass is 16.1. The van der Waals surface area contributed by atoms with Crippen LogP contribution in [0.4, 0.5) is 0 Å². The normalized spacial score (nSPS) is 12.6. The zero-order valence-corrected chi connectivity index (χ0v) is 11.1. The Morgan fingerprint density at radius 2 is 2.35 bits per heavy atom. The van der Waals surface area contributed by atoms with E-state index >= 15 is 0 Å². The monoisotopic (exact) mass is 237 g/mol. The maximum absolute atomic E-state index is 11.7. The number of hydrogen-bond donors (Lipinski definition) is 1. The van der Waals surface area contributed by atoms with Crippen molar-refractivity contribution in [2.75, 3.05) is 13.6 Å². The Kier molecular flexibility index (Phi) is 5.91. The first kappa shape index (κ1) is 13.9. The van der Waals surface area contributed by atoms with Gasteiger partial charge >= 0.3 is 0 Å². The van der Waals surface area contributed by atoms with Crippen molar-refractivity contribution in [1.82, 2.24) is 15.1 Å². The SMILES string of the molecule is CCC(C)n1ccc(CC(=O)CCCNC)n1. The first-order valence-corrected chi connectivity index (χ1v) is 6.37. The third-order valence-corrected chi connectivity index (χ3v) is 2.97. The van der Waals surface area contributed by atoms with E-state index in [-0.39, 0.29) is 5.78 Å². The Bertz CT molecular complexity index is 346. The number of nitrogens with one attached hydrogen (secondary N) is 1. The van der Waals surface area contributed by atoms with Gasteiger partial charge in [0.15, 0.2) is 0 Å². The highest BCUT2D eigenvalue weighted by molar-refractivity contribution is 5.80. The lowest BCUT2D eigenvalue weighted by atomic mass is 10.1. The molecule has 1 unspecified atom stereocenters. The van der Waals surface area contributed by atoms with Gasteiger partial charge in [0.25, 0.3) is 0 Å². The summed E-state index contributed by atoms with van der Waals surface area (Å²) in [6, 6.07) is 2.35. The van der Waals surface area contributed by atoms with Crippen molar-refractivity contribution in [2.45, 2.75) is 45.6 Å². The highest BCUT2D eigenvalue weighted by Crippen LogP contribution is 2.10. The molecule has 0 amide bonds. The molecule has 1 heterocycles. The van der Waals surface area contributed by atoms with Crippen LogP contribution in [0, 0.1) is 0 Å². The fraction of sp³-hybridized carbons (Fsp3) is 0.692. The van der Waals surface area contributed by atoms with Crippen LogP contribution in [0.2, 0.25) is 0 Å². The topological polar surface area (TPSA) is 46.9 Å². The van der Waals surface area contributed by atoms with Crippen molar-refractivity contribution in [2.24, 2.45) is 0 Å². The lowest BCUT2D eigenvalue weighted by Gasteiger charge is -2.07. The molecule has 1 aromatic rings. The standard InChI is InChI=1S/C13H23N3O/c1-4-11(2)16-9-7-12(15-16)10-13(17)6-5-8-14-3/h7,9,11,14H,4-6,8,10H2,1-3H3. The summed E-state index contributed by atoms with van der Waals surface area (Å²) in [6.45, 7) is 5.16. The minimum Gasteiger partial charge on any atom is -0.320 e. The molecule has 4 heteroatoms. The van der Waals surface area contributed by atoms with E-state index in [4.69, 9.17) is 0 Å². The third-order valence-electron chi connectivity index (χ3n) is 2.97. The summed E-state index contributed by atoms with van der Waals surface area (Å²) in [7, 11) is 1.90. The molecule has 96 valence electrons. The molecule has 0 aliphatic rings. The summed E-state index contributed by atoms with van der Waals surface area (Å²) in [4.78, 5) is 11.7. The van der Waals surface area contributed by atoms with Gasteiger partial charge in [0.1, 0.15) is 5.78 Å². The number of ketones is 1. The van der Waals surface area contributed by atoms with Crippen LogP contribution in [0.3, 0.4) is 0 Å². The Hall–Kier alpha value is -1.16. The molecule has 17 heavy (non-hydrogen) atoms. The Morgan fingerprint density at radius 1 is 1.59 bits per heavy atom. The van der Waals surface area contributed by atoms with Gasteiger partial charge in [0.2, 0.25) is 0 Å². The maximum atomic E-state index is 11.7. The van der Waals surface area contributed by atoms with Gasteiger partial charge in [-0.25, -0.2) is 0 Å². The first-order valence-electron chi connectivity index (χ1n) is 6.37. The largest absolute Gasteiger partial charge is 0.320 e. The average molecular weight is 237 g/mol. The summed E-state index contributed by atoms with van der Waals surface area (Å²) in [5.41, 5.74) is 0.889. The zero-order valence-electron chi connectivity index (χ0n) is 11.1. The molecular weight excluding hydrogens is 214 g/mol. The number of rotatable bonds is 8. The Labute approximate surface area is 103 Å². The molecule has 0 spiro atoms. The molecule has 0 aliphatic carbocycles. The average Bonchev–Trinajstić information content (AvgIpc) is 2.77. The van der Waals surface area contributed by atoms with Crippen molar-refractivity contribution < 1.29 is 4.79 Å². The smallest absolute Gasteiger partial charge is 0.138 e. The van der Waals surface area contributed by atoms with Gasteiger partial charge in [-0.2, -0.15) is 5.10 Å². The molecule has 0 aliphatic heterocycles. The van der Waals surface area contributed by atoms with Gasteiger partial charge in [0.05, 0.1) is 12.1 Å². The molecule has 0 fully saturated rings. The third kappa shape index (κ3) is 4.69. The van der Waals surface area contributed by atoms with Crippen molar-refractivity contribution in [1.29, 1.82) is 0 Å². The summed E-state index contributed by atoms with van der Waals surface area (Å²) in [6.07, 6.45) is 5.02. The molecule has 0 saturated heterocycles. The zero-order chi connectivity index (χ0) is 12.7. The van der Waals surface area contributed by atoms with Gasteiger partial charge in [-0.1, -0.05) is 6.92 Å². The minimum atomic E-state index is 0.273. The second-order valence-corrected chi connectivity index (χ2v) is 4.47. The summed E-state index contributed by atoms with van der Waals surface area (Å²) in [5.74, 6) is 0.273. The van der Waals surface area contributed by atoms with Crippen molar-refractivity contribution in [3.63, 3.8) is 0 Å². The van der Waals surface area contributed by atoms with E-state index < -0.39 is 0 Å². The molecular formula is C13H23N3O. The maximum Gasteiger partial charge on any atom is 0.138 e. The van der Waals surface area contributed by atoms with Crippen molar-refractivity contribution in [3.05, 3.63) is 18.0 Å². The minimum absolute atomic E-state index is 0.273. The van der Waals surface area contributed by atoms with Gasteiger partial charge in [-0.05, 0) is 39.4 Å². The van der Waals surface area contributed by atoms with Crippen LogP contribution < -0.4 is 5.32 Å². The number of hydrogen-bond acceptors (Lipinski definition) is 3. The molecule has 4 nitrogen and oxygen atoms in total. The van der Waals surface area contributed by atoms with Crippen LogP contribution in [0.25, 0.3) is 0 Å². The van der Waals surface area contributed by atoms with E-state index in [1.54, 1.807) is 0 Å². The van der Waals surface area contributed by atoms with E-state index in [0.29, 0.717) is 18.9 Å². The second kappa shape index (κ2) is 7.22. The number of carbonyl (C=O) groups excluding carboxylic acids is 1. The van der Waals surface area contributed by atoms with E-state index in [1.165, 1.54) is 0 Å². The molecule has 0 saturated carbocycles. The highest BCUT2D eigenvalue weighted by Gasteiger charge is 2.08. The number of nitrogens with zero attached hydrogens (tertiary/aromatic N) is 2. The fourth-order valence-electron chi connectivity index (χ4n) is 1.66. The number of carbonyl (C=O) groups is 1. The predicted molar refractivity (Wildman–Crippen MR) is 69.1 cm³/mol. The van der Waals surface area contributed by atoms with Gasteiger partial charge in [-0.15, -0.1) is 0 Å². The predicted octanol–water partition coefficient (Wildman–Crippen LogP) is 1.97. The van der Waals surface area contributed by atoms with E-state index in [0.717, 1.165) is 25.1 Å². The van der Waals surface area contributed by atoms with Gasteiger partial charge < -0.3 is 5.32 Å². The Balaban J connectivity index is 2.40. The lowest BCUT2D eigenvalue weighted by Crippen LogP contribution is -2.11. The molecule has 0 bridgehead atoms. The van der Waals surface area contributed by atoms with Crippen LogP contribution in [0.1, 0.15) is 44.8 Å². The fourth-order valence-corrected chi connectivity index (χ4v) is 1.66. The Morgan fingerprint density at radius 3 is 3.00 bits per heavy atom. The van der Waals surface area contributed by atoms with E-state index in [2.05, 4.69) is 24.3 Å². The summed E-state index contributed by atoms with van der Waals surface area (Å²) >= 11 is 0. The second-order valence-electron chi connectivity index (χ2n) is 4.47. The summed E-state index contributed by atoms with van der Waals surface area (Å²) < 4.78 is 1.94. The molecule has 1 N–H and O–H groups in total. The first-order chi connectivity index (χ1) is 8.17. The molecule has 0 aromatic carbocycles.